The van der Waals surface area contributed by atoms with Crippen molar-refractivity contribution in [1.82, 2.24) is 14.8 Å². The lowest BCUT2D eigenvalue weighted by atomic mass is 10.1. The van der Waals surface area contributed by atoms with Gasteiger partial charge in [-0.1, -0.05) is 29.4 Å². The van der Waals surface area contributed by atoms with Gasteiger partial charge in [0, 0.05) is 7.05 Å². The van der Waals surface area contributed by atoms with Crippen LogP contribution in [0.15, 0.2) is 41.6 Å². The van der Waals surface area contributed by atoms with E-state index < -0.39 is 17.8 Å². The Bertz CT molecular complexity index is 1260. The summed E-state index contributed by atoms with van der Waals surface area (Å²) >= 11 is 7.31. The average molecular weight is 519 g/mol. The fourth-order valence-corrected chi connectivity index (χ4v) is 3.86. The van der Waals surface area contributed by atoms with Crippen LogP contribution in [0.1, 0.15) is 32.1 Å². The van der Waals surface area contributed by atoms with Crippen molar-refractivity contribution < 1.29 is 28.6 Å². The Morgan fingerprint density at radius 2 is 1.80 bits per heavy atom. The van der Waals surface area contributed by atoms with Crippen LogP contribution >= 0.6 is 23.4 Å². The highest BCUT2D eigenvalue weighted by Crippen LogP contribution is 2.26. The minimum atomic E-state index is -0.656. The summed E-state index contributed by atoms with van der Waals surface area (Å²) in [5, 5.41) is 11.8. The van der Waals surface area contributed by atoms with E-state index in [0.717, 1.165) is 17.3 Å². The number of carbonyl (C=O) groups excluding carboxylic acids is 3. The van der Waals surface area contributed by atoms with Crippen molar-refractivity contribution in [1.29, 1.82) is 0 Å². The molecule has 1 amide bonds. The smallest absolute Gasteiger partial charge is 0.339 e. The number of methoxy groups -OCH3 is 2. The Hall–Kier alpha value is -3.57. The van der Waals surface area contributed by atoms with Crippen LogP contribution in [0.2, 0.25) is 5.02 Å². The Morgan fingerprint density at radius 3 is 2.51 bits per heavy atom. The van der Waals surface area contributed by atoms with Gasteiger partial charge in [0.15, 0.2) is 11.0 Å². The molecule has 2 aromatic carbocycles. The van der Waals surface area contributed by atoms with Gasteiger partial charge in [0.1, 0.15) is 12.4 Å². The second-order valence-corrected chi connectivity index (χ2v) is 8.61. The van der Waals surface area contributed by atoms with E-state index in [2.05, 4.69) is 15.5 Å². The number of halogens is 1. The summed E-state index contributed by atoms with van der Waals surface area (Å²) in [6, 6.07) is 9.63. The van der Waals surface area contributed by atoms with Gasteiger partial charge in [-0.05, 0) is 42.8 Å². The van der Waals surface area contributed by atoms with Crippen molar-refractivity contribution in [3.05, 3.63) is 63.9 Å². The number of benzene rings is 2. The fraction of sp³-hybridized carbons (Fsp3) is 0.261. The number of rotatable bonds is 9. The van der Waals surface area contributed by atoms with Crippen LogP contribution in [0, 0.1) is 6.92 Å². The van der Waals surface area contributed by atoms with E-state index in [-0.39, 0.29) is 29.2 Å². The number of carbonyl (C=O) groups is 3. The lowest BCUT2D eigenvalue weighted by molar-refractivity contribution is -0.113. The van der Waals surface area contributed by atoms with Crippen molar-refractivity contribution in [2.75, 3.05) is 25.3 Å². The SMILES string of the molecule is COC(=O)c1ccc(C(=O)OC)c(NC(=O)CSc2nnc(COc3cc(C)ccc3Cl)n2C)c1. The molecule has 0 aliphatic rings. The first kappa shape index (κ1) is 26.0. The Labute approximate surface area is 210 Å². The molecule has 184 valence electrons. The third-order valence-corrected chi connectivity index (χ3v) is 6.15. The number of aryl methyl sites for hydroxylation is 1. The maximum absolute atomic E-state index is 12.6. The van der Waals surface area contributed by atoms with Crippen LogP contribution in [0.25, 0.3) is 0 Å². The molecule has 1 N–H and O–H groups in total. The molecule has 0 saturated heterocycles. The number of aromatic nitrogens is 3. The van der Waals surface area contributed by atoms with Crippen molar-refractivity contribution in [3.8, 4) is 5.75 Å². The van der Waals surface area contributed by atoms with Gasteiger partial charge in [0.25, 0.3) is 0 Å². The molecule has 12 heteroatoms. The minimum Gasteiger partial charge on any atom is -0.484 e. The third kappa shape index (κ3) is 6.52. The number of nitrogens with zero attached hydrogens (tertiary/aromatic N) is 3. The van der Waals surface area contributed by atoms with E-state index >= 15 is 0 Å². The summed E-state index contributed by atoms with van der Waals surface area (Å²) in [4.78, 5) is 36.5. The maximum Gasteiger partial charge on any atom is 0.339 e. The summed E-state index contributed by atoms with van der Waals surface area (Å²) in [5.41, 5.74) is 1.42. The molecule has 3 rings (SSSR count). The first-order chi connectivity index (χ1) is 16.7. The van der Waals surface area contributed by atoms with Crippen LogP contribution < -0.4 is 10.1 Å². The molecular weight excluding hydrogens is 496 g/mol. The fourth-order valence-electron chi connectivity index (χ4n) is 2.96. The van der Waals surface area contributed by atoms with Crippen molar-refractivity contribution >= 4 is 46.9 Å². The number of thioether (sulfide) groups is 1. The largest absolute Gasteiger partial charge is 0.484 e. The Morgan fingerprint density at radius 1 is 1.06 bits per heavy atom. The number of nitrogens with one attached hydrogen (secondary N) is 1. The first-order valence-corrected chi connectivity index (χ1v) is 11.6. The van der Waals surface area contributed by atoms with Crippen LogP contribution in [-0.4, -0.2) is 52.6 Å². The molecule has 0 atom stereocenters. The molecule has 0 saturated carbocycles. The highest BCUT2D eigenvalue weighted by atomic mass is 35.5. The van der Waals surface area contributed by atoms with Gasteiger partial charge in [-0.25, -0.2) is 9.59 Å². The molecule has 1 aromatic heterocycles. The zero-order valence-corrected chi connectivity index (χ0v) is 21.0. The molecule has 0 aliphatic heterocycles. The molecule has 1 heterocycles. The average Bonchev–Trinajstić information content (AvgIpc) is 3.21. The van der Waals surface area contributed by atoms with Crippen LogP contribution in [0.5, 0.6) is 5.75 Å². The molecule has 0 radical (unpaired) electrons. The number of hydrogen-bond donors (Lipinski definition) is 1. The topological polar surface area (TPSA) is 122 Å². The third-order valence-electron chi connectivity index (χ3n) is 4.82. The van der Waals surface area contributed by atoms with Crippen molar-refractivity contribution in [2.24, 2.45) is 7.05 Å². The monoisotopic (exact) mass is 518 g/mol. The van der Waals surface area contributed by atoms with Crippen molar-refractivity contribution in [2.45, 2.75) is 18.7 Å². The van der Waals surface area contributed by atoms with Crippen LogP contribution in [0.4, 0.5) is 5.69 Å². The molecule has 0 fully saturated rings. The highest BCUT2D eigenvalue weighted by Gasteiger charge is 2.18. The molecule has 0 spiro atoms. The van der Waals surface area contributed by atoms with E-state index in [0.29, 0.717) is 21.8 Å². The molecule has 0 aliphatic carbocycles. The Kier molecular flexibility index (Phi) is 8.72. The molecule has 0 bridgehead atoms. The lowest BCUT2D eigenvalue weighted by Crippen LogP contribution is -2.18. The van der Waals surface area contributed by atoms with E-state index in [9.17, 15) is 14.4 Å². The second kappa shape index (κ2) is 11.7. The summed E-state index contributed by atoms with van der Waals surface area (Å²) < 4.78 is 16.9. The molecule has 3 aromatic rings. The van der Waals surface area contributed by atoms with Gasteiger partial charge < -0.3 is 24.1 Å². The summed E-state index contributed by atoms with van der Waals surface area (Å²) in [6.07, 6.45) is 0. The predicted octanol–water partition coefficient (Wildman–Crippen LogP) is 3.66. The van der Waals surface area contributed by atoms with Gasteiger partial charge in [-0.15, -0.1) is 10.2 Å². The summed E-state index contributed by atoms with van der Waals surface area (Å²) in [7, 11) is 4.22. The maximum atomic E-state index is 12.6. The zero-order chi connectivity index (χ0) is 25.5. The Balaban J connectivity index is 1.65. The highest BCUT2D eigenvalue weighted by molar-refractivity contribution is 7.99. The quantitative estimate of drug-likeness (QED) is 0.334. The molecule has 10 nitrogen and oxygen atoms in total. The van der Waals surface area contributed by atoms with E-state index in [4.69, 9.17) is 25.8 Å². The number of ether oxygens (including phenoxy) is 3. The summed E-state index contributed by atoms with van der Waals surface area (Å²) in [5.74, 6) is -0.625. The van der Waals surface area contributed by atoms with E-state index in [1.807, 2.05) is 19.1 Å². The van der Waals surface area contributed by atoms with Crippen LogP contribution in [-0.2, 0) is 27.9 Å². The number of amides is 1. The van der Waals surface area contributed by atoms with Crippen molar-refractivity contribution in [3.63, 3.8) is 0 Å². The van der Waals surface area contributed by atoms with Gasteiger partial charge >= 0.3 is 11.9 Å². The number of anilines is 1. The normalized spacial score (nSPS) is 10.5. The number of hydrogen-bond acceptors (Lipinski definition) is 9. The van der Waals surface area contributed by atoms with Gasteiger partial charge in [-0.3, -0.25) is 4.79 Å². The predicted molar refractivity (Wildman–Crippen MR) is 130 cm³/mol. The number of esters is 2. The van der Waals surface area contributed by atoms with Crippen LogP contribution in [0.3, 0.4) is 0 Å². The van der Waals surface area contributed by atoms with Gasteiger partial charge in [-0.2, -0.15) is 0 Å². The standard InChI is InChI=1S/C23H23ClN4O6S/c1-13-5-8-16(24)18(9-13)34-11-19-26-27-23(28(19)2)35-12-20(29)25-17-10-14(21(30)32-3)6-7-15(17)22(31)33-4/h5-10H,11-12H2,1-4H3,(H,25,29). The molecule has 0 unspecified atom stereocenters. The first-order valence-electron chi connectivity index (χ1n) is 10.2. The van der Waals surface area contributed by atoms with E-state index in [1.54, 1.807) is 17.7 Å². The van der Waals surface area contributed by atoms with Gasteiger partial charge in [0.2, 0.25) is 5.91 Å². The molecular formula is C23H23ClN4O6S. The van der Waals surface area contributed by atoms with Gasteiger partial charge in [0.05, 0.1) is 41.8 Å². The lowest BCUT2D eigenvalue weighted by Gasteiger charge is -2.11. The zero-order valence-electron chi connectivity index (χ0n) is 19.5. The summed E-state index contributed by atoms with van der Waals surface area (Å²) in [6.45, 7) is 2.08. The molecule has 35 heavy (non-hydrogen) atoms. The minimum absolute atomic E-state index is 0.0282. The second-order valence-electron chi connectivity index (χ2n) is 7.26. The van der Waals surface area contributed by atoms with E-state index in [1.165, 1.54) is 32.4 Å².